The molecule has 0 nitrogen and oxygen atoms in total. The Kier molecular flexibility index (Phi) is 4.77. The Balaban J connectivity index is 2.07. The van der Waals surface area contributed by atoms with Crippen molar-refractivity contribution in [3.63, 3.8) is 0 Å². The molecular weight excluding hydrogens is 296 g/mol. The summed E-state index contributed by atoms with van der Waals surface area (Å²) >= 11 is 0. The molecule has 2 aromatic carbocycles. The molecule has 3 rings (SSSR count). The van der Waals surface area contributed by atoms with E-state index in [2.05, 4.69) is 94.5 Å². The highest BCUT2D eigenvalue weighted by Gasteiger charge is 2.32. The molecule has 0 radical (unpaired) electrons. The lowest BCUT2D eigenvalue weighted by atomic mass is 9.92. The van der Waals surface area contributed by atoms with Crippen molar-refractivity contribution in [1.82, 2.24) is 0 Å². The fourth-order valence-electron chi connectivity index (χ4n) is 2.78. The van der Waals surface area contributed by atoms with Crippen LogP contribution < -0.4 is 0 Å². The van der Waals surface area contributed by atoms with Crippen molar-refractivity contribution in [1.29, 1.82) is 0 Å². The summed E-state index contributed by atoms with van der Waals surface area (Å²) in [5.74, 6) is 1.22. The van der Waals surface area contributed by atoms with E-state index >= 15 is 0 Å². The molecule has 0 aromatic heterocycles. The van der Waals surface area contributed by atoms with Crippen LogP contribution in [0.3, 0.4) is 0 Å². The van der Waals surface area contributed by atoms with Gasteiger partial charge in [-0.25, -0.2) is 0 Å². The van der Waals surface area contributed by atoms with Gasteiger partial charge < -0.3 is 0 Å². The number of allylic oxidation sites excluding steroid dienone is 3. The van der Waals surface area contributed by atoms with Gasteiger partial charge in [0.05, 0.1) is 10.9 Å². The fraction of sp³-hybridized carbons (Fsp3) is 0.273. The molecule has 0 saturated carbocycles. The van der Waals surface area contributed by atoms with Crippen LogP contribution in [-0.2, 0) is 10.9 Å². The van der Waals surface area contributed by atoms with Crippen molar-refractivity contribution in [2.24, 2.45) is 11.8 Å². The zero-order valence-corrected chi connectivity index (χ0v) is 15.2. The second-order valence-electron chi connectivity index (χ2n) is 6.58. The van der Waals surface area contributed by atoms with Crippen molar-refractivity contribution in [3.05, 3.63) is 82.8 Å². The fourth-order valence-corrected chi connectivity index (χ4v) is 4.98. The third-order valence-corrected chi connectivity index (χ3v) is 6.80. The standard InChI is InChI=1S/C22H25S/c1-16-5-10-20(11-6-16)23(21-12-7-17(2)8-13-21)22-14-9-18(3)19(4)15-22/h5-15,18-19H,1-4H3/q+1. The molecule has 0 N–H and O–H groups in total. The highest BCUT2D eigenvalue weighted by molar-refractivity contribution is 8.00. The SMILES string of the molecule is Cc1ccc([S+](C2=CC(C)C(C)C=C2)c2ccc(C)cc2)cc1. The van der Waals surface area contributed by atoms with Crippen LogP contribution in [0.25, 0.3) is 0 Å². The van der Waals surface area contributed by atoms with Crippen LogP contribution in [0.15, 0.2) is 81.5 Å². The molecule has 2 atom stereocenters. The van der Waals surface area contributed by atoms with Gasteiger partial charge in [-0.15, -0.1) is 0 Å². The lowest BCUT2D eigenvalue weighted by Gasteiger charge is -2.19. The first kappa shape index (κ1) is 16.1. The van der Waals surface area contributed by atoms with Crippen molar-refractivity contribution in [2.45, 2.75) is 37.5 Å². The minimum absolute atomic E-state index is 0.0156. The molecule has 1 heteroatoms. The maximum Gasteiger partial charge on any atom is 0.166 e. The third kappa shape index (κ3) is 3.61. The van der Waals surface area contributed by atoms with Crippen molar-refractivity contribution in [3.8, 4) is 0 Å². The van der Waals surface area contributed by atoms with E-state index in [0.29, 0.717) is 11.8 Å². The first-order chi connectivity index (χ1) is 11.0. The quantitative estimate of drug-likeness (QED) is 0.602. The van der Waals surface area contributed by atoms with Gasteiger partial charge in [-0.1, -0.05) is 55.3 Å². The van der Waals surface area contributed by atoms with Gasteiger partial charge in [0.1, 0.15) is 0 Å². The Hall–Kier alpha value is -1.73. The number of aryl methyl sites for hydroxylation is 2. The first-order valence-corrected chi connectivity index (χ1v) is 9.55. The van der Waals surface area contributed by atoms with Crippen LogP contribution in [-0.4, -0.2) is 0 Å². The molecule has 0 aliphatic heterocycles. The Bertz CT molecular complexity index is 674. The summed E-state index contributed by atoms with van der Waals surface area (Å²) in [5, 5.41) is 0. The molecule has 1 aliphatic rings. The van der Waals surface area contributed by atoms with E-state index in [1.165, 1.54) is 25.8 Å². The van der Waals surface area contributed by atoms with Gasteiger partial charge in [-0.05, 0) is 62.1 Å². The molecular formula is C22H25S+. The average molecular weight is 322 g/mol. The summed E-state index contributed by atoms with van der Waals surface area (Å²) in [6.45, 7) is 8.92. The molecule has 0 saturated heterocycles. The average Bonchev–Trinajstić information content (AvgIpc) is 2.55. The minimum Gasteiger partial charge on any atom is -0.0761 e. The maximum atomic E-state index is 2.47. The van der Waals surface area contributed by atoms with E-state index in [4.69, 9.17) is 0 Å². The summed E-state index contributed by atoms with van der Waals surface area (Å²) < 4.78 is 0. The van der Waals surface area contributed by atoms with Gasteiger partial charge in [-0.3, -0.25) is 0 Å². The van der Waals surface area contributed by atoms with Gasteiger partial charge in [-0.2, -0.15) is 0 Å². The van der Waals surface area contributed by atoms with Gasteiger partial charge in [0.2, 0.25) is 0 Å². The molecule has 2 aromatic rings. The Morgan fingerprint density at radius 3 is 1.61 bits per heavy atom. The normalized spacial score (nSPS) is 20.7. The molecule has 0 heterocycles. The van der Waals surface area contributed by atoms with Gasteiger partial charge in [0, 0.05) is 0 Å². The molecule has 2 unspecified atom stereocenters. The number of benzene rings is 2. The van der Waals surface area contributed by atoms with Gasteiger partial charge in [0.15, 0.2) is 14.7 Å². The Labute approximate surface area is 143 Å². The summed E-state index contributed by atoms with van der Waals surface area (Å²) in [7, 11) is -0.0156. The largest absolute Gasteiger partial charge is 0.166 e. The van der Waals surface area contributed by atoms with Crippen LogP contribution in [0.4, 0.5) is 0 Å². The smallest absolute Gasteiger partial charge is 0.0761 e. The first-order valence-electron chi connectivity index (χ1n) is 8.32. The molecule has 23 heavy (non-hydrogen) atoms. The second kappa shape index (κ2) is 6.80. The van der Waals surface area contributed by atoms with Gasteiger partial charge in [0.25, 0.3) is 0 Å². The highest BCUT2D eigenvalue weighted by Crippen LogP contribution is 2.35. The van der Waals surface area contributed by atoms with Crippen LogP contribution in [0.1, 0.15) is 25.0 Å². The van der Waals surface area contributed by atoms with E-state index in [9.17, 15) is 0 Å². The number of rotatable bonds is 3. The zero-order chi connectivity index (χ0) is 16.4. The van der Waals surface area contributed by atoms with Crippen molar-refractivity contribution in [2.75, 3.05) is 0 Å². The molecule has 0 spiro atoms. The molecule has 0 fully saturated rings. The summed E-state index contributed by atoms with van der Waals surface area (Å²) in [4.78, 5) is 4.25. The lowest BCUT2D eigenvalue weighted by Crippen LogP contribution is -2.13. The van der Waals surface area contributed by atoms with Crippen LogP contribution in [0.5, 0.6) is 0 Å². The van der Waals surface area contributed by atoms with E-state index < -0.39 is 0 Å². The Morgan fingerprint density at radius 2 is 1.17 bits per heavy atom. The Morgan fingerprint density at radius 1 is 0.696 bits per heavy atom. The van der Waals surface area contributed by atoms with Crippen molar-refractivity contribution < 1.29 is 0 Å². The summed E-state index contributed by atoms with van der Waals surface area (Å²) in [6, 6.07) is 18.0. The number of hydrogen-bond acceptors (Lipinski definition) is 0. The predicted octanol–water partition coefficient (Wildman–Crippen LogP) is 6.07. The van der Waals surface area contributed by atoms with E-state index in [0.717, 1.165) is 0 Å². The topological polar surface area (TPSA) is 0 Å². The van der Waals surface area contributed by atoms with Gasteiger partial charge >= 0.3 is 0 Å². The molecule has 0 bridgehead atoms. The third-order valence-electron chi connectivity index (χ3n) is 4.57. The zero-order valence-electron chi connectivity index (χ0n) is 14.4. The summed E-state index contributed by atoms with van der Waals surface area (Å²) in [5.41, 5.74) is 2.63. The van der Waals surface area contributed by atoms with Crippen LogP contribution in [0.2, 0.25) is 0 Å². The van der Waals surface area contributed by atoms with E-state index in [-0.39, 0.29) is 10.9 Å². The molecule has 118 valence electrons. The maximum absolute atomic E-state index is 2.47. The van der Waals surface area contributed by atoms with Crippen LogP contribution in [0, 0.1) is 25.7 Å². The van der Waals surface area contributed by atoms with Crippen molar-refractivity contribution >= 4 is 10.9 Å². The second-order valence-corrected chi connectivity index (χ2v) is 8.61. The lowest BCUT2D eigenvalue weighted by molar-refractivity contribution is 0.551. The summed E-state index contributed by atoms with van der Waals surface area (Å²) in [6.07, 6.45) is 7.17. The van der Waals surface area contributed by atoms with E-state index in [1.807, 2.05) is 0 Å². The molecule has 1 aliphatic carbocycles. The predicted molar refractivity (Wildman–Crippen MR) is 102 cm³/mol. The minimum atomic E-state index is -0.0156. The van der Waals surface area contributed by atoms with Crippen LogP contribution >= 0.6 is 0 Å². The van der Waals surface area contributed by atoms with E-state index in [1.54, 1.807) is 0 Å². The highest BCUT2D eigenvalue weighted by atomic mass is 32.2. The monoisotopic (exact) mass is 321 g/mol. The number of hydrogen-bond donors (Lipinski definition) is 0. The molecule has 0 amide bonds.